The van der Waals surface area contributed by atoms with E-state index in [0.29, 0.717) is 27.8 Å². The number of hydrogen-bond donors (Lipinski definition) is 1. The third kappa shape index (κ3) is 5.01. The standard InChI is InChI=1S/C20H20N2O3S3/c1-15(28(24,25)17-8-3-2-4-9-17)14-27-20-18(10-5-11-21-20)19(23)22-13-16-7-6-12-26-16/h2-12,15H,13-14H2,1H3,(H,22,23). The number of sulfone groups is 1. The topological polar surface area (TPSA) is 76.1 Å². The smallest absolute Gasteiger partial charge is 0.254 e. The Morgan fingerprint density at radius 1 is 1.14 bits per heavy atom. The van der Waals surface area contributed by atoms with E-state index >= 15 is 0 Å². The van der Waals surface area contributed by atoms with Crippen molar-refractivity contribution in [2.75, 3.05) is 5.75 Å². The Bertz CT molecular complexity index is 1020. The van der Waals surface area contributed by atoms with Gasteiger partial charge in [-0.15, -0.1) is 23.1 Å². The second-order valence-electron chi connectivity index (χ2n) is 6.10. The van der Waals surface area contributed by atoms with Crippen LogP contribution in [-0.4, -0.2) is 30.3 Å². The quantitative estimate of drug-likeness (QED) is 0.544. The normalized spacial score (nSPS) is 12.5. The molecule has 0 aliphatic carbocycles. The number of carbonyl (C=O) groups is 1. The monoisotopic (exact) mass is 432 g/mol. The highest BCUT2D eigenvalue weighted by molar-refractivity contribution is 8.00. The zero-order valence-electron chi connectivity index (χ0n) is 15.2. The van der Waals surface area contributed by atoms with Gasteiger partial charge in [0, 0.05) is 16.8 Å². The molecule has 1 amide bonds. The first kappa shape index (κ1) is 20.6. The van der Waals surface area contributed by atoms with Crippen LogP contribution in [0.25, 0.3) is 0 Å². The summed E-state index contributed by atoms with van der Waals surface area (Å²) in [6.07, 6.45) is 1.61. The van der Waals surface area contributed by atoms with Gasteiger partial charge in [0.15, 0.2) is 9.84 Å². The lowest BCUT2D eigenvalue weighted by Crippen LogP contribution is -2.24. The van der Waals surface area contributed by atoms with Crippen LogP contribution >= 0.6 is 23.1 Å². The molecule has 1 aromatic carbocycles. The van der Waals surface area contributed by atoms with Crippen LogP contribution in [-0.2, 0) is 16.4 Å². The molecular weight excluding hydrogens is 412 g/mol. The Kier molecular flexibility index (Phi) is 6.88. The van der Waals surface area contributed by atoms with Crippen molar-refractivity contribution >= 4 is 38.8 Å². The average molecular weight is 433 g/mol. The van der Waals surface area contributed by atoms with Gasteiger partial charge in [-0.2, -0.15) is 0 Å². The lowest BCUT2D eigenvalue weighted by molar-refractivity contribution is 0.0947. The summed E-state index contributed by atoms with van der Waals surface area (Å²) >= 11 is 2.86. The lowest BCUT2D eigenvalue weighted by Gasteiger charge is -2.14. The molecule has 0 aliphatic rings. The van der Waals surface area contributed by atoms with Crippen molar-refractivity contribution < 1.29 is 13.2 Å². The van der Waals surface area contributed by atoms with Gasteiger partial charge in [0.25, 0.3) is 5.91 Å². The molecule has 5 nitrogen and oxygen atoms in total. The van der Waals surface area contributed by atoms with Crippen LogP contribution in [0.5, 0.6) is 0 Å². The van der Waals surface area contributed by atoms with E-state index < -0.39 is 15.1 Å². The molecule has 3 aromatic rings. The summed E-state index contributed by atoms with van der Waals surface area (Å²) in [5.41, 5.74) is 0.452. The van der Waals surface area contributed by atoms with Crippen molar-refractivity contribution in [1.29, 1.82) is 0 Å². The molecule has 0 radical (unpaired) electrons. The van der Waals surface area contributed by atoms with Crippen LogP contribution < -0.4 is 5.32 Å². The predicted octanol–water partition coefficient (Wildman–Crippen LogP) is 4.03. The average Bonchev–Trinajstić information content (AvgIpc) is 3.24. The van der Waals surface area contributed by atoms with E-state index in [2.05, 4.69) is 10.3 Å². The molecule has 1 unspecified atom stereocenters. The van der Waals surface area contributed by atoms with Gasteiger partial charge in [-0.1, -0.05) is 24.3 Å². The largest absolute Gasteiger partial charge is 0.347 e. The van der Waals surface area contributed by atoms with Gasteiger partial charge in [0.1, 0.15) is 5.03 Å². The molecule has 0 spiro atoms. The van der Waals surface area contributed by atoms with Crippen LogP contribution in [0.2, 0.25) is 0 Å². The summed E-state index contributed by atoms with van der Waals surface area (Å²) in [5.74, 6) is 0.0852. The van der Waals surface area contributed by atoms with Gasteiger partial charge < -0.3 is 5.32 Å². The molecular formula is C20H20N2O3S3. The molecule has 146 valence electrons. The van der Waals surface area contributed by atoms with E-state index in [1.165, 1.54) is 11.8 Å². The van der Waals surface area contributed by atoms with Gasteiger partial charge in [-0.3, -0.25) is 4.79 Å². The number of hydrogen-bond acceptors (Lipinski definition) is 6. The molecule has 0 bridgehead atoms. The summed E-state index contributed by atoms with van der Waals surface area (Å²) in [5, 5.41) is 4.77. The number of nitrogens with zero attached hydrogens (tertiary/aromatic N) is 1. The Balaban J connectivity index is 1.67. The summed E-state index contributed by atoms with van der Waals surface area (Å²) in [6, 6.07) is 15.7. The van der Waals surface area contributed by atoms with Gasteiger partial charge in [-0.05, 0) is 42.6 Å². The van der Waals surface area contributed by atoms with Crippen molar-refractivity contribution in [3.05, 3.63) is 76.6 Å². The van der Waals surface area contributed by atoms with Crippen LogP contribution in [0.4, 0.5) is 0 Å². The molecule has 8 heteroatoms. The Hall–Kier alpha value is -2.16. The van der Waals surface area contributed by atoms with Crippen molar-refractivity contribution in [3.63, 3.8) is 0 Å². The van der Waals surface area contributed by atoms with E-state index in [-0.39, 0.29) is 5.91 Å². The molecule has 2 aromatic heterocycles. The number of thiophene rings is 1. The predicted molar refractivity (Wildman–Crippen MR) is 114 cm³/mol. The number of pyridine rings is 1. The highest BCUT2D eigenvalue weighted by Crippen LogP contribution is 2.25. The third-order valence-electron chi connectivity index (χ3n) is 4.08. The Labute approximate surface area is 173 Å². The maximum atomic E-state index is 12.7. The summed E-state index contributed by atoms with van der Waals surface area (Å²) in [4.78, 5) is 18.2. The number of thioether (sulfide) groups is 1. The fourth-order valence-corrected chi connectivity index (χ4v) is 5.89. The van der Waals surface area contributed by atoms with E-state index in [4.69, 9.17) is 0 Å². The molecule has 0 aliphatic heterocycles. The van der Waals surface area contributed by atoms with Crippen molar-refractivity contribution in [2.24, 2.45) is 0 Å². The molecule has 1 N–H and O–H groups in total. The number of rotatable bonds is 8. The summed E-state index contributed by atoms with van der Waals surface area (Å²) in [6.45, 7) is 2.13. The van der Waals surface area contributed by atoms with Gasteiger partial charge >= 0.3 is 0 Å². The summed E-state index contributed by atoms with van der Waals surface area (Å²) < 4.78 is 25.4. The molecule has 3 rings (SSSR count). The van der Waals surface area contributed by atoms with E-state index in [1.54, 1.807) is 66.9 Å². The SMILES string of the molecule is CC(CSc1ncccc1C(=O)NCc1cccs1)S(=O)(=O)c1ccccc1. The zero-order valence-corrected chi connectivity index (χ0v) is 17.7. The first-order valence-electron chi connectivity index (χ1n) is 8.66. The number of nitrogens with one attached hydrogen (secondary N) is 1. The maximum absolute atomic E-state index is 12.7. The van der Waals surface area contributed by atoms with Crippen molar-refractivity contribution in [1.82, 2.24) is 10.3 Å². The molecule has 2 heterocycles. The number of aromatic nitrogens is 1. The zero-order chi connectivity index (χ0) is 20.0. The Morgan fingerprint density at radius 2 is 1.93 bits per heavy atom. The second-order valence-corrected chi connectivity index (χ2v) is 10.5. The van der Waals surface area contributed by atoms with Crippen LogP contribution in [0.1, 0.15) is 22.2 Å². The third-order valence-corrected chi connectivity index (χ3v) is 8.58. The van der Waals surface area contributed by atoms with Gasteiger partial charge in [0.05, 0.1) is 22.3 Å². The minimum atomic E-state index is -3.43. The molecule has 0 saturated heterocycles. The van der Waals surface area contributed by atoms with E-state index in [9.17, 15) is 13.2 Å². The first-order chi connectivity index (χ1) is 13.5. The molecule has 28 heavy (non-hydrogen) atoms. The van der Waals surface area contributed by atoms with E-state index in [0.717, 1.165) is 4.88 Å². The van der Waals surface area contributed by atoms with Crippen LogP contribution in [0.15, 0.2) is 76.1 Å². The lowest BCUT2D eigenvalue weighted by atomic mass is 10.2. The minimum Gasteiger partial charge on any atom is -0.347 e. The number of amides is 1. The van der Waals surface area contributed by atoms with Crippen molar-refractivity contribution in [2.45, 2.75) is 28.6 Å². The molecule has 1 atom stereocenters. The maximum Gasteiger partial charge on any atom is 0.254 e. The fraction of sp³-hybridized carbons (Fsp3) is 0.200. The van der Waals surface area contributed by atoms with E-state index in [1.807, 2.05) is 17.5 Å². The van der Waals surface area contributed by atoms with Crippen molar-refractivity contribution in [3.8, 4) is 0 Å². The van der Waals surface area contributed by atoms with Gasteiger partial charge in [0.2, 0.25) is 0 Å². The van der Waals surface area contributed by atoms with Crippen LogP contribution in [0, 0.1) is 0 Å². The number of carbonyl (C=O) groups excluding carboxylic acids is 1. The summed E-state index contributed by atoms with van der Waals surface area (Å²) in [7, 11) is -3.43. The molecule has 0 saturated carbocycles. The first-order valence-corrected chi connectivity index (χ1v) is 12.1. The Morgan fingerprint density at radius 3 is 2.64 bits per heavy atom. The fourth-order valence-electron chi connectivity index (χ4n) is 2.48. The highest BCUT2D eigenvalue weighted by Gasteiger charge is 2.24. The van der Waals surface area contributed by atoms with Gasteiger partial charge in [-0.25, -0.2) is 13.4 Å². The minimum absolute atomic E-state index is 0.220. The molecule has 0 fully saturated rings. The highest BCUT2D eigenvalue weighted by atomic mass is 32.2. The number of benzene rings is 1. The van der Waals surface area contributed by atoms with Crippen LogP contribution in [0.3, 0.4) is 0 Å². The second kappa shape index (κ2) is 9.36.